The molecule has 1 heterocycles. The summed E-state index contributed by atoms with van der Waals surface area (Å²) in [5.41, 5.74) is 4.07. The predicted molar refractivity (Wildman–Crippen MR) is 87.1 cm³/mol. The molecule has 1 amide bonds. The van der Waals surface area contributed by atoms with Crippen molar-refractivity contribution in [2.24, 2.45) is 5.10 Å². The number of aromatic nitrogens is 1. The van der Waals surface area contributed by atoms with E-state index in [0.29, 0.717) is 27.0 Å². The van der Waals surface area contributed by atoms with Gasteiger partial charge in [-0.25, -0.2) is 5.43 Å². The number of carbonyl (C=O) groups is 1. The summed E-state index contributed by atoms with van der Waals surface area (Å²) in [5, 5.41) is 4.30. The zero-order valence-corrected chi connectivity index (χ0v) is 14.1. The normalized spacial score (nSPS) is 12.0. The van der Waals surface area contributed by atoms with Crippen molar-refractivity contribution in [2.45, 2.75) is 20.0 Å². The summed E-state index contributed by atoms with van der Waals surface area (Å²) in [6, 6.07) is 6.68. The molecule has 0 aliphatic heterocycles. The minimum Gasteiger partial charge on any atom is -0.316 e. The minimum atomic E-state index is -4.98. The van der Waals surface area contributed by atoms with Crippen LogP contribution < -0.4 is 5.43 Å². The second-order valence-corrected chi connectivity index (χ2v) is 5.80. The molecule has 0 fully saturated rings. The Labute approximate surface area is 145 Å². The zero-order valence-electron chi connectivity index (χ0n) is 12.6. The molecule has 24 heavy (non-hydrogen) atoms. The molecule has 0 aliphatic rings. The Balaban J connectivity index is 2.33. The number of hydrogen-bond acceptors (Lipinski definition) is 2. The quantitative estimate of drug-likeness (QED) is 0.624. The summed E-state index contributed by atoms with van der Waals surface area (Å²) in [5.74, 6) is -2.13. The maximum Gasteiger partial charge on any atom is 0.473 e. The van der Waals surface area contributed by atoms with E-state index in [1.807, 2.05) is 0 Å². The second kappa shape index (κ2) is 6.86. The summed E-state index contributed by atoms with van der Waals surface area (Å²) >= 11 is 12.2. The van der Waals surface area contributed by atoms with E-state index < -0.39 is 12.1 Å². The van der Waals surface area contributed by atoms with Gasteiger partial charge in [0.1, 0.15) is 0 Å². The molecule has 1 N–H and O–H groups in total. The molecule has 0 atom stereocenters. The van der Waals surface area contributed by atoms with E-state index in [2.05, 4.69) is 5.10 Å². The SMILES string of the molecule is Cc1cc(/C=N/NC(=O)C(F)(F)F)c(C)n1-c1cc(Cl)ccc1Cl. The van der Waals surface area contributed by atoms with E-state index in [-0.39, 0.29) is 0 Å². The van der Waals surface area contributed by atoms with E-state index in [1.54, 1.807) is 42.7 Å². The first kappa shape index (κ1) is 18.4. The topological polar surface area (TPSA) is 46.4 Å². The van der Waals surface area contributed by atoms with Crippen molar-refractivity contribution in [3.63, 3.8) is 0 Å². The maximum absolute atomic E-state index is 12.1. The van der Waals surface area contributed by atoms with Gasteiger partial charge in [-0.3, -0.25) is 4.79 Å². The number of aryl methyl sites for hydroxylation is 1. The van der Waals surface area contributed by atoms with Gasteiger partial charge in [-0.15, -0.1) is 0 Å². The van der Waals surface area contributed by atoms with Gasteiger partial charge in [-0.05, 0) is 38.1 Å². The van der Waals surface area contributed by atoms with E-state index in [4.69, 9.17) is 23.2 Å². The van der Waals surface area contributed by atoms with Crippen LogP contribution in [0, 0.1) is 13.8 Å². The van der Waals surface area contributed by atoms with Crippen LogP contribution in [0.4, 0.5) is 13.2 Å². The number of carbonyl (C=O) groups excluding carboxylic acids is 1. The van der Waals surface area contributed by atoms with E-state index >= 15 is 0 Å². The Bertz CT molecular complexity index is 813. The third-order valence-electron chi connectivity index (χ3n) is 3.25. The number of nitrogens with zero attached hydrogens (tertiary/aromatic N) is 2. The Morgan fingerprint density at radius 2 is 1.92 bits per heavy atom. The lowest BCUT2D eigenvalue weighted by atomic mass is 10.2. The fourth-order valence-corrected chi connectivity index (χ4v) is 2.54. The Morgan fingerprint density at radius 1 is 1.25 bits per heavy atom. The highest BCUT2D eigenvalue weighted by Crippen LogP contribution is 2.28. The molecular weight excluding hydrogens is 366 g/mol. The smallest absolute Gasteiger partial charge is 0.316 e. The molecule has 9 heteroatoms. The monoisotopic (exact) mass is 377 g/mol. The third kappa shape index (κ3) is 3.91. The van der Waals surface area contributed by atoms with Gasteiger partial charge in [0.2, 0.25) is 0 Å². The second-order valence-electron chi connectivity index (χ2n) is 4.95. The average molecular weight is 378 g/mol. The van der Waals surface area contributed by atoms with Crippen LogP contribution in [-0.4, -0.2) is 22.9 Å². The third-order valence-corrected chi connectivity index (χ3v) is 3.80. The van der Waals surface area contributed by atoms with Crippen molar-refractivity contribution >= 4 is 35.3 Å². The highest BCUT2D eigenvalue weighted by molar-refractivity contribution is 6.34. The predicted octanol–water partition coefficient (Wildman–Crippen LogP) is 4.41. The first-order valence-corrected chi connectivity index (χ1v) is 7.41. The fraction of sp³-hybridized carbons (Fsp3) is 0.200. The van der Waals surface area contributed by atoms with Gasteiger partial charge < -0.3 is 4.57 Å². The van der Waals surface area contributed by atoms with Gasteiger partial charge in [0, 0.05) is 22.0 Å². The fourth-order valence-electron chi connectivity index (χ4n) is 2.17. The van der Waals surface area contributed by atoms with Gasteiger partial charge >= 0.3 is 12.1 Å². The van der Waals surface area contributed by atoms with Crippen LogP contribution in [0.5, 0.6) is 0 Å². The highest BCUT2D eigenvalue weighted by Gasteiger charge is 2.38. The van der Waals surface area contributed by atoms with Crippen molar-refractivity contribution in [3.05, 3.63) is 51.3 Å². The summed E-state index contributed by atoms with van der Waals surface area (Å²) in [6.07, 6.45) is -3.84. The standard InChI is InChI=1S/C15H12Cl2F3N3O/c1-8-5-10(7-21-22-14(24)15(18,19)20)9(2)23(8)13-6-11(16)3-4-12(13)17/h3-7H,1-2H3,(H,22,24)/b21-7+. The van der Waals surface area contributed by atoms with Crippen molar-refractivity contribution in [1.29, 1.82) is 0 Å². The first-order chi connectivity index (χ1) is 11.1. The number of hydrogen-bond donors (Lipinski definition) is 1. The molecule has 1 aromatic carbocycles. The number of benzene rings is 1. The maximum atomic E-state index is 12.1. The largest absolute Gasteiger partial charge is 0.473 e. The van der Waals surface area contributed by atoms with E-state index in [9.17, 15) is 18.0 Å². The van der Waals surface area contributed by atoms with Crippen molar-refractivity contribution in [2.75, 3.05) is 0 Å². The van der Waals surface area contributed by atoms with Gasteiger partial charge in [-0.1, -0.05) is 23.2 Å². The molecule has 2 aromatic rings. The summed E-state index contributed by atoms with van der Waals surface area (Å²) < 4.78 is 38.1. The van der Waals surface area contributed by atoms with Crippen molar-refractivity contribution in [1.82, 2.24) is 9.99 Å². The van der Waals surface area contributed by atoms with Crippen LogP contribution >= 0.6 is 23.2 Å². The van der Waals surface area contributed by atoms with Crippen LogP contribution in [0.3, 0.4) is 0 Å². The molecule has 1 aromatic heterocycles. The summed E-state index contributed by atoms with van der Waals surface area (Å²) in [6.45, 7) is 3.55. The molecular formula is C15H12Cl2F3N3O. The molecule has 2 rings (SSSR count). The zero-order chi connectivity index (χ0) is 18.1. The van der Waals surface area contributed by atoms with Crippen LogP contribution in [0.15, 0.2) is 29.4 Å². The molecule has 4 nitrogen and oxygen atoms in total. The molecule has 0 saturated carbocycles. The molecule has 0 radical (unpaired) electrons. The van der Waals surface area contributed by atoms with Crippen LogP contribution in [-0.2, 0) is 4.79 Å². The number of amides is 1. The number of alkyl halides is 3. The number of nitrogens with one attached hydrogen (secondary N) is 1. The van der Waals surface area contributed by atoms with Crippen molar-refractivity contribution < 1.29 is 18.0 Å². The van der Waals surface area contributed by atoms with E-state index in [0.717, 1.165) is 11.9 Å². The number of rotatable bonds is 3. The molecule has 0 saturated heterocycles. The summed E-state index contributed by atoms with van der Waals surface area (Å²) in [7, 11) is 0. The average Bonchev–Trinajstić information content (AvgIpc) is 2.75. The number of hydrazone groups is 1. The first-order valence-electron chi connectivity index (χ1n) is 6.66. The van der Waals surface area contributed by atoms with Crippen LogP contribution in [0.1, 0.15) is 17.0 Å². The molecule has 128 valence electrons. The lowest BCUT2D eigenvalue weighted by Crippen LogP contribution is -2.33. The molecule has 0 spiro atoms. The number of halogens is 5. The van der Waals surface area contributed by atoms with Crippen LogP contribution in [0.25, 0.3) is 5.69 Å². The summed E-state index contributed by atoms with van der Waals surface area (Å²) in [4.78, 5) is 10.7. The van der Waals surface area contributed by atoms with E-state index in [1.165, 1.54) is 5.43 Å². The Hall–Kier alpha value is -1.99. The Kier molecular flexibility index (Phi) is 5.25. The van der Waals surface area contributed by atoms with Crippen molar-refractivity contribution in [3.8, 4) is 5.69 Å². The minimum absolute atomic E-state index is 0.468. The molecule has 0 bridgehead atoms. The lowest BCUT2D eigenvalue weighted by Gasteiger charge is -2.12. The van der Waals surface area contributed by atoms with Gasteiger partial charge in [0.25, 0.3) is 0 Å². The highest BCUT2D eigenvalue weighted by atomic mass is 35.5. The lowest BCUT2D eigenvalue weighted by molar-refractivity contribution is -0.173. The molecule has 0 aliphatic carbocycles. The molecule has 0 unspecified atom stereocenters. The van der Waals surface area contributed by atoms with Crippen LogP contribution in [0.2, 0.25) is 10.0 Å². The van der Waals surface area contributed by atoms with Gasteiger partial charge in [0.15, 0.2) is 0 Å². The Morgan fingerprint density at radius 3 is 2.54 bits per heavy atom. The van der Waals surface area contributed by atoms with Gasteiger partial charge in [0.05, 0.1) is 16.9 Å². The van der Waals surface area contributed by atoms with Gasteiger partial charge in [-0.2, -0.15) is 18.3 Å².